The Morgan fingerprint density at radius 1 is 1.00 bits per heavy atom. The summed E-state index contributed by atoms with van der Waals surface area (Å²) in [5.41, 5.74) is 3.52. The first kappa shape index (κ1) is 15.5. The molecular weight excluding hydrogens is 265 g/mol. The summed E-state index contributed by atoms with van der Waals surface area (Å²) in [4.78, 5) is 0. The van der Waals surface area contributed by atoms with Crippen molar-refractivity contribution in [1.82, 2.24) is 5.12 Å². The largest absolute Gasteiger partial charge is 0.508 e. The maximum atomic E-state index is 12.2. The smallest absolute Gasteiger partial charge is 0.119 e. The fraction of sp³-hybridized carbons (Fsp3) is 0.333. The average molecular weight is 287 g/mol. The van der Waals surface area contributed by atoms with Gasteiger partial charge in [-0.05, 0) is 48.4 Å². The first-order chi connectivity index (χ1) is 10.2. The summed E-state index contributed by atoms with van der Waals surface area (Å²) in [5.74, 6) is 0.488. The summed E-state index contributed by atoms with van der Waals surface area (Å²) >= 11 is 0. The van der Waals surface area contributed by atoms with Crippen molar-refractivity contribution in [1.29, 1.82) is 0 Å². The molecule has 112 valence electrons. The topological polar surface area (TPSA) is 23.5 Å². The Hall–Kier alpha value is -1.87. The molecule has 0 aromatic heterocycles. The number of aryl methyl sites for hydroxylation is 1. The zero-order chi connectivity index (χ0) is 15.1. The number of benzene rings is 2. The number of nitrogens with zero attached hydrogens (tertiary/aromatic N) is 1. The minimum Gasteiger partial charge on any atom is -0.508 e. The van der Waals surface area contributed by atoms with Crippen LogP contribution < -0.4 is 0 Å². The van der Waals surface area contributed by atoms with Gasteiger partial charge in [0.05, 0.1) is 6.54 Å². The Morgan fingerprint density at radius 3 is 2.38 bits per heavy atom. The molecule has 2 aromatic rings. The molecule has 1 aliphatic rings. The summed E-state index contributed by atoms with van der Waals surface area (Å²) in [7, 11) is 1.41. The second-order valence-electron chi connectivity index (χ2n) is 5.37. The quantitative estimate of drug-likeness (QED) is 0.834. The molecule has 3 rings (SSSR count). The molecule has 0 fully saturated rings. The van der Waals surface area contributed by atoms with Gasteiger partial charge in [0.1, 0.15) is 5.75 Å². The van der Waals surface area contributed by atoms with Crippen LogP contribution in [-0.2, 0) is 19.4 Å². The second-order valence-corrected chi connectivity index (χ2v) is 5.37. The molecule has 3 heteroatoms. The molecule has 0 saturated carbocycles. The van der Waals surface area contributed by atoms with Crippen molar-refractivity contribution in [2.45, 2.75) is 32.2 Å². The van der Waals surface area contributed by atoms with Crippen LogP contribution in [0, 0.1) is 0 Å². The predicted molar refractivity (Wildman–Crippen MR) is 83.8 cm³/mol. The van der Waals surface area contributed by atoms with Crippen molar-refractivity contribution >= 4 is 0 Å². The zero-order valence-corrected chi connectivity index (χ0v) is 12.4. The molecule has 0 aliphatic heterocycles. The van der Waals surface area contributed by atoms with E-state index in [2.05, 4.69) is 6.07 Å². The first-order valence-corrected chi connectivity index (χ1v) is 7.37. The molecule has 1 N–H and O–H groups in total. The van der Waals surface area contributed by atoms with E-state index < -0.39 is 0 Å². The number of rotatable bonds is 2. The zero-order valence-electron chi connectivity index (χ0n) is 12.4. The highest BCUT2D eigenvalue weighted by molar-refractivity contribution is 5.40. The van der Waals surface area contributed by atoms with E-state index in [0.29, 0.717) is 17.4 Å². The van der Waals surface area contributed by atoms with E-state index in [9.17, 15) is 9.59 Å². The number of phenolic OH excluding ortho intramolecular Hbond substituents is 1. The summed E-state index contributed by atoms with van der Waals surface area (Å²) in [6, 6.07) is 15.4. The highest BCUT2D eigenvalue weighted by Crippen LogP contribution is 2.27. The lowest BCUT2D eigenvalue weighted by atomic mass is 9.91. The van der Waals surface area contributed by atoms with Gasteiger partial charge in [0.25, 0.3) is 0 Å². The van der Waals surface area contributed by atoms with E-state index >= 15 is 0 Å². The van der Waals surface area contributed by atoms with Crippen molar-refractivity contribution in [2.24, 2.45) is 0 Å². The van der Waals surface area contributed by atoms with Crippen molar-refractivity contribution in [3.05, 3.63) is 65.2 Å². The normalized spacial score (nSPS) is 13.3. The van der Waals surface area contributed by atoms with Crippen LogP contribution in [-0.4, -0.2) is 17.3 Å². The monoisotopic (exact) mass is 287 g/mol. The molecule has 21 heavy (non-hydrogen) atoms. The van der Waals surface area contributed by atoms with Crippen LogP contribution >= 0.6 is 0 Å². The van der Waals surface area contributed by atoms with E-state index in [1.54, 1.807) is 6.07 Å². The third-order valence-corrected chi connectivity index (χ3v) is 3.61. The summed E-state index contributed by atoms with van der Waals surface area (Å²) in [6.45, 7) is 0.362. The molecule has 2 nitrogen and oxygen atoms in total. The molecule has 0 saturated heterocycles. The number of hydrogen-bond acceptors (Lipinski definition) is 2. The summed E-state index contributed by atoms with van der Waals surface area (Å²) < 4.78 is 12.2. The highest BCUT2D eigenvalue weighted by atomic mass is 19.2. The minimum absolute atomic E-state index is 0.362. The molecule has 0 heterocycles. The predicted octanol–water partition coefficient (Wildman–Crippen LogP) is 4.27. The van der Waals surface area contributed by atoms with Crippen LogP contribution in [0.4, 0.5) is 4.48 Å². The minimum atomic E-state index is 0.362. The number of hydrogen-bond donors (Lipinski definition) is 1. The van der Waals surface area contributed by atoms with Crippen LogP contribution in [0.3, 0.4) is 0 Å². The van der Waals surface area contributed by atoms with Gasteiger partial charge in [-0.25, -0.2) is 0 Å². The molecule has 1 aliphatic carbocycles. The Kier molecular flexibility index (Phi) is 5.76. The van der Waals surface area contributed by atoms with Crippen LogP contribution in [0.15, 0.2) is 48.5 Å². The maximum Gasteiger partial charge on any atom is 0.119 e. The van der Waals surface area contributed by atoms with Crippen molar-refractivity contribution in [3.63, 3.8) is 0 Å². The SMILES string of the molecule is CN(F)Cc1ccccc1.Oc1cccc2c1CCCC2. The third-order valence-electron chi connectivity index (χ3n) is 3.61. The van der Waals surface area contributed by atoms with E-state index in [4.69, 9.17) is 0 Å². The van der Waals surface area contributed by atoms with Crippen molar-refractivity contribution < 1.29 is 9.59 Å². The maximum absolute atomic E-state index is 12.2. The van der Waals surface area contributed by atoms with Gasteiger partial charge in [0.15, 0.2) is 0 Å². The molecular formula is C18H22FNO. The molecule has 0 amide bonds. The number of fused-ring (bicyclic) bond motifs is 1. The lowest BCUT2D eigenvalue weighted by Crippen LogP contribution is -2.04. The van der Waals surface area contributed by atoms with E-state index in [-0.39, 0.29) is 0 Å². The number of phenols is 1. The molecule has 0 bridgehead atoms. The lowest BCUT2D eigenvalue weighted by molar-refractivity contribution is 0.0506. The van der Waals surface area contributed by atoms with E-state index in [0.717, 1.165) is 18.4 Å². The van der Waals surface area contributed by atoms with Gasteiger partial charge in [-0.2, -0.15) is 0 Å². The standard InChI is InChI=1S/C10H12O.C8H10FN/c11-10-7-3-5-8-4-1-2-6-9(8)10;1-10(9)7-8-5-3-2-4-6-8/h3,5,7,11H,1-2,4,6H2;2-6H,7H2,1H3. The highest BCUT2D eigenvalue weighted by Gasteiger charge is 2.11. The fourth-order valence-corrected chi connectivity index (χ4v) is 2.60. The lowest BCUT2D eigenvalue weighted by Gasteiger charge is -2.15. The van der Waals surface area contributed by atoms with Gasteiger partial charge >= 0.3 is 0 Å². The summed E-state index contributed by atoms with van der Waals surface area (Å²) in [6.07, 6.45) is 4.70. The van der Waals surface area contributed by atoms with Gasteiger partial charge in [-0.15, -0.1) is 9.60 Å². The second kappa shape index (κ2) is 7.79. The third kappa shape index (κ3) is 4.87. The van der Waals surface area contributed by atoms with Gasteiger partial charge in [0, 0.05) is 7.05 Å². The van der Waals surface area contributed by atoms with Crippen LogP contribution in [0.5, 0.6) is 5.75 Å². The molecule has 0 atom stereocenters. The van der Waals surface area contributed by atoms with Crippen LogP contribution in [0.2, 0.25) is 0 Å². The van der Waals surface area contributed by atoms with Gasteiger partial charge in [-0.1, -0.05) is 42.5 Å². The molecule has 2 aromatic carbocycles. The van der Waals surface area contributed by atoms with Gasteiger partial charge < -0.3 is 5.11 Å². The summed E-state index contributed by atoms with van der Waals surface area (Å²) in [5, 5.41) is 10.1. The van der Waals surface area contributed by atoms with Crippen molar-refractivity contribution in [3.8, 4) is 5.75 Å². The molecule has 0 spiro atoms. The molecule has 0 radical (unpaired) electrons. The van der Waals surface area contributed by atoms with E-state index in [1.165, 1.54) is 31.0 Å². The number of halogens is 1. The van der Waals surface area contributed by atoms with Gasteiger partial charge in [0.2, 0.25) is 0 Å². The van der Waals surface area contributed by atoms with Crippen molar-refractivity contribution in [2.75, 3.05) is 7.05 Å². The van der Waals surface area contributed by atoms with Crippen LogP contribution in [0.25, 0.3) is 0 Å². The van der Waals surface area contributed by atoms with E-state index in [1.807, 2.05) is 36.4 Å². The fourth-order valence-electron chi connectivity index (χ4n) is 2.60. The Labute approximate surface area is 125 Å². The Balaban J connectivity index is 0.000000155. The molecule has 0 unspecified atom stereocenters. The first-order valence-electron chi connectivity index (χ1n) is 7.37. The number of aromatic hydroxyl groups is 1. The van der Waals surface area contributed by atoms with Crippen LogP contribution in [0.1, 0.15) is 29.5 Å². The average Bonchev–Trinajstić information content (AvgIpc) is 2.49. The van der Waals surface area contributed by atoms with Gasteiger partial charge in [-0.3, -0.25) is 0 Å². The Morgan fingerprint density at radius 2 is 1.71 bits per heavy atom. The Bertz CT molecular complexity index is 554.